The maximum Gasteiger partial charge on any atom is 0.0573 e. The predicted molar refractivity (Wildman–Crippen MR) is 63.0 cm³/mol. The minimum Gasteiger partial charge on any atom is -0.397 e. The van der Waals surface area contributed by atoms with Crippen LogP contribution in [0.15, 0.2) is 41.1 Å². The molecule has 0 saturated heterocycles. The molecule has 2 rings (SSSR count). The monoisotopic (exact) mass is 250 g/mol. The molecule has 0 aliphatic heterocycles. The van der Waals surface area contributed by atoms with Crippen molar-refractivity contribution in [3.8, 4) is 11.1 Å². The van der Waals surface area contributed by atoms with Crippen LogP contribution in [0.5, 0.6) is 0 Å². The van der Waals surface area contributed by atoms with E-state index >= 15 is 0 Å². The van der Waals surface area contributed by atoms with Crippen LogP contribution in [0.3, 0.4) is 0 Å². The Morgan fingerprint density at radius 1 is 1.29 bits per heavy atom. The number of rotatable bonds is 1. The lowest BCUT2D eigenvalue weighted by Crippen LogP contribution is -1.84. The molecule has 0 spiro atoms. The Kier molecular flexibility index (Phi) is 2.33. The molecule has 0 amide bonds. The number of nitrogens with two attached hydrogens (primary N) is 1. The number of anilines is 1. The summed E-state index contributed by atoms with van der Waals surface area (Å²) in [6, 6.07) is 8.12. The Morgan fingerprint density at radius 2 is 2.07 bits per heavy atom. The molecule has 0 fully saturated rings. The van der Waals surface area contributed by atoms with E-state index in [9.17, 15) is 0 Å². The van der Waals surface area contributed by atoms with Crippen LogP contribution in [-0.2, 0) is 7.05 Å². The van der Waals surface area contributed by atoms with Gasteiger partial charge in [0.05, 0.1) is 5.69 Å². The Bertz CT molecular complexity index is 460. The highest BCUT2D eigenvalue weighted by Crippen LogP contribution is 2.28. The van der Waals surface area contributed by atoms with Crippen LogP contribution < -0.4 is 5.73 Å². The molecular weight excluding hydrogens is 240 g/mol. The van der Waals surface area contributed by atoms with E-state index < -0.39 is 0 Å². The van der Waals surface area contributed by atoms with Gasteiger partial charge in [0.2, 0.25) is 0 Å². The molecule has 0 unspecified atom stereocenters. The second-order valence-corrected chi connectivity index (χ2v) is 4.22. The van der Waals surface area contributed by atoms with E-state index in [4.69, 9.17) is 5.73 Å². The lowest BCUT2D eigenvalue weighted by atomic mass is 10.1. The van der Waals surface area contributed by atoms with E-state index in [0.717, 1.165) is 21.3 Å². The fourth-order valence-corrected chi connectivity index (χ4v) is 1.90. The van der Waals surface area contributed by atoms with Crippen LogP contribution in [0.4, 0.5) is 5.69 Å². The van der Waals surface area contributed by atoms with E-state index in [2.05, 4.69) is 28.1 Å². The molecule has 1 aromatic heterocycles. The second-order valence-electron chi connectivity index (χ2n) is 3.30. The lowest BCUT2D eigenvalue weighted by molar-refractivity contribution is 0.929. The molecule has 0 radical (unpaired) electrons. The van der Waals surface area contributed by atoms with Gasteiger partial charge >= 0.3 is 0 Å². The third-order valence-corrected chi connectivity index (χ3v) is 2.62. The van der Waals surface area contributed by atoms with E-state index in [1.165, 1.54) is 0 Å². The second kappa shape index (κ2) is 3.50. The highest BCUT2D eigenvalue weighted by molar-refractivity contribution is 9.10. The molecule has 72 valence electrons. The van der Waals surface area contributed by atoms with Gasteiger partial charge < -0.3 is 10.3 Å². The van der Waals surface area contributed by atoms with Crippen LogP contribution in [0.25, 0.3) is 11.1 Å². The van der Waals surface area contributed by atoms with Crippen molar-refractivity contribution in [3.05, 3.63) is 41.1 Å². The lowest BCUT2D eigenvalue weighted by Gasteiger charge is -1.99. The van der Waals surface area contributed by atoms with Crippen molar-refractivity contribution >= 4 is 21.6 Å². The van der Waals surface area contributed by atoms with Gasteiger partial charge in [-0.05, 0) is 17.7 Å². The summed E-state index contributed by atoms with van der Waals surface area (Å²) in [6.45, 7) is 0. The molecule has 2 nitrogen and oxygen atoms in total. The molecule has 0 bridgehead atoms. The SMILES string of the molecule is Cn1cc(N)c(-c2cccc(Br)c2)c1. The quantitative estimate of drug-likeness (QED) is 0.829. The highest BCUT2D eigenvalue weighted by Gasteiger charge is 2.04. The first-order valence-electron chi connectivity index (χ1n) is 4.34. The van der Waals surface area contributed by atoms with Crippen LogP contribution in [0, 0.1) is 0 Å². The van der Waals surface area contributed by atoms with Crippen molar-refractivity contribution < 1.29 is 0 Å². The van der Waals surface area contributed by atoms with Crippen LogP contribution in [0.2, 0.25) is 0 Å². The zero-order valence-electron chi connectivity index (χ0n) is 7.87. The molecular formula is C11H11BrN2. The van der Waals surface area contributed by atoms with Gasteiger partial charge in [-0.3, -0.25) is 0 Å². The van der Waals surface area contributed by atoms with E-state index in [-0.39, 0.29) is 0 Å². The van der Waals surface area contributed by atoms with E-state index in [0.29, 0.717) is 0 Å². The summed E-state index contributed by atoms with van der Waals surface area (Å²) in [5, 5.41) is 0. The molecule has 0 aliphatic carbocycles. The fourth-order valence-electron chi connectivity index (χ4n) is 1.50. The van der Waals surface area contributed by atoms with Crippen molar-refractivity contribution in [1.29, 1.82) is 0 Å². The number of benzene rings is 1. The van der Waals surface area contributed by atoms with Gasteiger partial charge in [0.15, 0.2) is 0 Å². The van der Waals surface area contributed by atoms with Crippen molar-refractivity contribution in [2.45, 2.75) is 0 Å². The van der Waals surface area contributed by atoms with Crippen molar-refractivity contribution in [1.82, 2.24) is 4.57 Å². The molecule has 14 heavy (non-hydrogen) atoms. The molecule has 3 heteroatoms. The standard InChI is InChI=1S/C11H11BrN2/c1-14-6-10(11(13)7-14)8-3-2-4-9(12)5-8/h2-7H,13H2,1H3. The first kappa shape index (κ1) is 9.34. The third-order valence-electron chi connectivity index (χ3n) is 2.12. The average Bonchev–Trinajstić information content (AvgIpc) is 2.45. The molecule has 1 aromatic carbocycles. The predicted octanol–water partition coefficient (Wildman–Crippen LogP) is 3.04. The molecule has 1 heterocycles. The van der Waals surface area contributed by atoms with Crippen LogP contribution in [-0.4, -0.2) is 4.57 Å². The van der Waals surface area contributed by atoms with Crippen molar-refractivity contribution in [3.63, 3.8) is 0 Å². The Balaban J connectivity index is 2.54. The average molecular weight is 251 g/mol. The van der Waals surface area contributed by atoms with Crippen LogP contribution in [0.1, 0.15) is 0 Å². The number of nitrogens with zero attached hydrogens (tertiary/aromatic N) is 1. The Labute approximate surface area is 91.5 Å². The molecule has 0 saturated carbocycles. The van der Waals surface area contributed by atoms with Crippen molar-refractivity contribution in [2.75, 3.05) is 5.73 Å². The molecule has 0 atom stereocenters. The van der Waals surface area contributed by atoms with Gasteiger partial charge in [-0.25, -0.2) is 0 Å². The van der Waals surface area contributed by atoms with Crippen molar-refractivity contribution in [2.24, 2.45) is 7.05 Å². The third kappa shape index (κ3) is 1.68. The van der Waals surface area contributed by atoms with Gasteiger partial charge in [-0.2, -0.15) is 0 Å². The Morgan fingerprint density at radius 3 is 2.64 bits per heavy atom. The van der Waals surface area contributed by atoms with Gasteiger partial charge in [0.25, 0.3) is 0 Å². The zero-order valence-corrected chi connectivity index (χ0v) is 9.45. The summed E-state index contributed by atoms with van der Waals surface area (Å²) in [5.41, 5.74) is 8.91. The summed E-state index contributed by atoms with van der Waals surface area (Å²) in [4.78, 5) is 0. The minimum atomic E-state index is 0.811. The normalized spacial score (nSPS) is 10.4. The maximum absolute atomic E-state index is 5.89. The number of nitrogen functional groups attached to an aromatic ring is 1. The highest BCUT2D eigenvalue weighted by atomic mass is 79.9. The number of hydrogen-bond acceptors (Lipinski definition) is 1. The number of aryl methyl sites for hydroxylation is 1. The largest absolute Gasteiger partial charge is 0.397 e. The summed E-state index contributed by atoms with van der Waals surface area (Å²) < 4.78 is 3.03. The number of halogens is 1. The van der Waals surface area contributed by atoms with E-state index in [1.807, 2.05) is 36.1 Å². The van der Waals surface area contributed by atoms with Gasteiger partial charge in [-0.1, -0.05) is 28.1 Å². The van der Waals surface area contributed by atoms with Gasteiger partial charge in [0, 0.05) is 29.5 Å². The Hall–Kier alpha value is -1.22. The minimum absolute atomic E-state index is 0.811. The van der Waals surface area contributed by atoms with E-state index in [1.54, 1.807) is 0 Å². The summed E-state index contributed by atoms with van der Waals surface area (Å²) >= 11 is 3.44. The maximum atomic E-state index is 5.89. The van der Waals surface area contributed by atoms with Gasteiger partial charge in [0.1, 0.15) is 0 Å². The van der Waals surface area contributed by atoms with Crippen LogP contribution >= 0.6 is 15.9 Å². The first-order valence-corrected chi connectivity index (χ1v) is 5.13. The summed E-state index contributed by atoms with van der Waals surface area (Å²) in [7, 11) is 1.97. The molecule has 0 aliphatic rings. The smallest absolute Gasteiger partial charge is 0.0573 e. The first-order chi connectivity index (χ1) is 6.66. The number of hydrogen-bond donors (Lipinski definition) is 1. The molecule has 2 N–H and O–H groups in total. The van der Waals surface area contributed by atoms with Gasteiger partial charge in [-0.15, -0.1) is 0 Å². The zero-order chi connectivity index (χ0) is 10.1. The molecule has 2 aromatic rings. The number of aromatic nitrogens is 1. The summed E-state index contributed by atoms with van der Waals surface area (Å²) in [5.74, 6) is 0. The summed E-state index contributed by atoms with van der Waals surface area (Å²) in [6.07, 6.45) is 3.94. The topological polar surface area (TPSA) is 30.9 Å². The fraction of sp³-hybridized carbons (Fsp3) is 0.0909.